The lowest BCUT2D eigenvalue weighted by atomic mass is 9.97. The molecule has 31 heavy (non-hydrogen) atoms. The Balaban J connectivity index is 1.39. The van der Waals surface area contributed by atoms with Crippen LogP contribution in [0.1, 0.15) is 24.8 Å². The van der Waals surface area contributed by atoms with Crippen LogP contribution in [0.4, 0.5) is 4.39 Å². The van der Waals surface area contributed by atoms with E-state index in [1.807, 2.05) is 18.2 Å². The molecule has 0 aliphatic carbocycles. The molecule has 0 bridgehead atoms. The molecule has 1 aliphatic rings. The average molecular weight is 448 g/mol. The number of nitrogens with one attached hydrogen (secondary N) is 1. The number of amides is 1. The topological polar surface area (TPSA) is 69.7 Å². The SMILES string of the molecule is CN(CCCNC(=O)C1CCN(S(=O)(=O)c2ccccc2F)CC1)Cc1ccccc1. The van der Waals surface area contributed by atoms with Crippen molar-refractivity contribution in [1.82, 2.24) is 14.5 Å². The zero-order chi connectivity index (χ0) is 22.3. The highest BCUT2D eigenvalue weighted by Gasteiger charge is 2.33. The number of sulfonamides is 1. The van der Waals surface area contributed by atoms with E-state index in [0.29, 0.717) is 19.4 Å². The molecule has 0 unspecified atom stereocenters. The average Bonchev–Trinajstić information content (AvgIpc) is 2.77. The Bertz CT molecular complexity index is 961. The number of hydrogen-bond acceptors (Lipinski definition) is 4. The first-order valence-electron chi connectivity index (χ1n) is 10.6. The maximum atomic E-state index is 13.9. The minimum atomic E-state index is -3.88. The lowest BCUT2D eigenvalue weighted by Gasteiger charge is -2.30. The van der Waals surface area contributed by atoms with Crippen molar-refractivity contribution in [2.45, 2.75) is 30.7 Å². The molecule has 2 aromatic carbocycles. The van der Waals surface area contributed by atoms with Crippen molar-refractivity contribution in [1.29, 1.82) is 0 Å². The van der Waals surface area contributed by atoms with Crippen molar-refractivity contribution in [2.75, 3.05) is 33.2 Å². The maximum absolute atomic E-state index is 13.9. The van der Waals surface area contributed by atoms with Gasteiger partial charge in [0.05, 0.1) is 0 Å². The molecule has 2 aromatic rings. The predicted octanol–water partition coefficient (Wildman–Crippen LogP) is 2.86. The van der Waals surface area contributed by atoms with Crippen molar-refractivity contribution in [2.24, 2.45) is 5.92 Å². The van der Waals surface area contributed by atoms with Gasteiger partial charge in [0.2, 0.25) is 15.9 Å². The van der Waals surface area contributed by atoms with E-state index in [-0.39, 0.29) is 29.8 Å². The van der Waals surface area contributed by atoms with E-state index in [1.165, 1.54) is 28.1 Å². The number of piperidine rings is 1. The summed E-state index contributed by atoms with van der Waals surface area (Å²) in [4.78, 5) is 14.4. The molecule has 0 spiro atoms. The summed E-state index contributed by atoms with van der Waals surface area (Å²) < 4.78 is 40.5. The van der Waals surface area contributed by atoms with Crippen molar-refractivity contribution in [3.8, 4) is 0 Å². The summed E-state index contributed by atoms with van der Waals surface area (Å²) in [6.07, 6.45) is 1.72. The Morgan fingerprint density at radius 1 is 1.10 bits per heavy atom. The van der Waals surface area contributed by atoms with Gasteiger partial charge in [-0.2, -0.15) is 4.31 Å². The predicted molar refractivity (Wildman–Crippen MR) is 118 cm³/mol. The normalized spacial score (nSPS) is 15.8. The fourth-order valence-corrected chi connectivity index (χ4v) is 5.37. The van der Waals surface area contributed by atoms with Gasteiger partial charge in [-0.3, -0.25) is 4.79 Å². The maximum Gasteiger partial charge on any atom is 0.245 e. The van der Waals surface area contributed by atoms with Crippen molar-refractivity contribution >= 4 is 15.9 Å². The largest absolute Gasteiger partial charge is 0.356 e. The Hall–Kier alpha value is -2.29. The van der Waals surface area contributed by atoms with Crippen LogP contribution in [0.5, 0.6) is 0 Å². The molecule has 3 rings (SSSR count). The van der Waals surface area contributed by atoms with E-state index in [9.17, 15) is 17.6 Å². The molecule has 1 saturated heterocycles. The third-order valence-electron chi connectivity index (χ3n) is 5.59. The minimum Gasteiger partial charge on any atom is -0.356 e. The third-order valence-corrected chi connectivity index (χ3v) is 7.52. The summed E-state index contributed by atoms with van der Waals surface area (Å²) in [6.45, 7) is 2.76. The zero-order valence-corrected chi connectivity index (χ0v) is 18.7. The highest BCUT2D eigenvalue weighted by atomic mass is 32.2. The summed E-state index contributed by atoms with van der Waals surface area (Å²) in [5.41, 5.74) is 1.26. The van der Waals surface area contributed by atoms with Gasteiger partial charge in [-0.1, -0.05) is 42.5 Å². The van der Waals surface area contributed by atoms with E-state index < -0.39 is 15.8 Å². The monoisotopic (exact) mass is 447 g/mol. The molecule has 8 heteroatoms. The number of hydrogen-bond donors (Lipinski definition) is 1. The summed E-state index contributed by atoms with van der Waals surface area (Å²) in [5.74, 6) is -0.998. The van der Waals surface area contributed by atoms with E-state index >= 15 is 0 Å². The third kappa shape index (κ3) is 6.35. The van der Waals surface area contributed by atoms with Crippen LogP contribution in [-0.2, 0) is 21.4 Å². The van der Waals surface area contributed by atoms with Crippen LogP contribution in [0, 0.1) is 11.7 Å². The summed E-state index contributed by atoms with van der Waals surface area (Å²) >= 11 is 0. The molecule has 0 saturated carbocycles. The van der Waals surface area contributed by atoms with Gasteiger partial charge in [0.25, 0.3) is 0 Å². The second-order valence-corrected chi connectivity index (χ2v) is 9.88. The molecule has 1 N–H and O–H groups in total. The molecule has 0 atom stereocenters. The first-order valence-corrected chi connectivity index (χ1v) is 12.1. The minimum absolute atomic E-state index is 0.0337. The Morgan fingerprint density at radius 2 is 1.74 bits per heavy atom. The van der Waals surface area contributed by atoms with E-state index in [4.69, 9.17) is 0 Å². The first kappa shape index (κ1) is 23.4. The fraction of sp³-hybridized carbons (Fsp3) is 0.435. The van der Waals surface area contributed by atoms with Gasteiger partial charge in [0.15, 0.2) is 0 Å². The van der Waals surface area contributed by atoms with Crippen LogP contribution >= 0.6 is 0 Å². The van der Waals surface area contributed by atoms with Crippen LogP contribution in [0.2, 0.25) is 0 Å². The van der Waals surface area contributed by atoms with Gasteiger partial charge in [-0.05, 0) is 50.6 Å². The number of carbonyl (C=O) groups excluding carboxylic acids is 1. The summed E-state index contributed by atoms with van der Waals surface area (Å²) in [6, 6.07) is 15.6. The number of halogens is 1. The van der Waals surface area contributed by atoms with E-state index in [0.717, 1.165) is 25.6 Å². The molecule has 6 nitrogen and oxygen atoms in total. The van der Waals surface area contributed by atoms with Crippen molar-refractivity contribution in [3.63, 3.8) is 0 Å². The standard InChI is InChI=1S/C23H30FN3O3S/c1-26(18-19-8-3-2-4-9-19)15-7-14-25-23(28)20-12-16-27(17-13-20)31(29,30)22-11-6-5-10-21(22)24/h2-6,8-11,20H,7,12-18H2,1H3,(H,25,28). The van der Waals surface area contributed by atoms with E-state index in [2.05, 4.69) is 29.4 Å². The van der Waals surface area contributed by atoms with Gasteiger partial charge in [0.1, 0.15) is 10.7 Å². The number of carbonyl (C=O) groups is 1. The molecule has 0 radical (unpaired) electrons. The second-order valence-electron chi connectivity index (χ2n) is 7.98. The summed E-state index contributed by atoms with van der Waals surface area (Å²) in [5, 5.41) is 2.97. The van der Waals surface area contributed by atoms with Gasteiger partial charge in [-0.15, -0.1) is 0 Å². The van der Waals surface area contributed by atoms with Crippen LogP contribution in [-0.4, -0.2) is 56.8 Å². The van der Waals surface area contributed by atoms with Crippen LogP contribution in [0.25, 0.3) is 0 Å². The molecule has 1 amide bonds. The smallest absolute Gasteiger partial charge is 0.245 e. The summed E-state index contributed by atoms with van der Waals surface area (Å²) in [7, 11) is -1.82. The van der Waals surface area contributed by atoms with E-state index in [1.54, 1.807) is 0 Å². The van der Waals surface area contributed by atoms with Gasteiger partial charge >= 0.3 is 0 Å². The second kappa shape index (κ2) is 10.8. The van der Waals surface area contributed by atoms with Gasteiger partial charge in [-0.25, -0.2) is 12.8 Å². The Labute approximate surface area is 184 Å². The molecular weight excluding hydrogens is 417 g/mol. The molecular formula is C23H30FN3O3S. The van der Waals surface area contributed by atoms with Crippen LogP contribution in [0.15, 0.2) is 59.5 Å². The zero-order valence-electron chi connectivity index (χ0n) is 17.8. The molecule has 0 aromatic heterocycles. The van der Waals surface area contributed by atoms with Crippen molar-refractivity contribution in [3.05, 3.63) is 66.0 Å². The number of rotatable bonds is 9. The van der Waals surface area contributed by atoms with Crippen LogP contribution in [0.3, 0.4) is 0 Å². The van der Waals surface area contributed by atoms with Crippen molar-refractivity contribution < 1.29 is 17.6 Å². The lowest BCUT2D eigenvalue weighted by molar-refractivity contribution is -0.126. The molecule has 1 fully saturated rings. The quantitative estimate of drug-likeness (QED) is 0.600. The lowest BCUT2D eigenvalue weighted by Crippen LogP contribution is -2.43. The van der Waals surface area contributed by atoms with Gasteiger partial charge in [0, 0.05) is 32.1 Å². The Kier molecular flexibility index (Phi) is 8.17. The van der Waals surface area contributed by atoms with Gasteiger partial charge < -0.3 is 10.2 Å². The molecule has 168 valence electrons. The number of nitrogens with zero attached hydrogens (tertiary/aromatic N) is 2. The fourth-order valence-electron chi connectivity index (χ4n) is 3.83. The highest BCUT2D eigenvalue weighted by molar-refractivity contribution is 7.89. The number of benzene rings is 2. The highest BCUT2D eigenvalue weighted by Crippen LogP contribution is 2.25. The Morgan fingerprint density at radius 3 is 2.42 bits per heavy atom. The van der Waals surface area contributed by atoms with Crippen LogP contribution < -0.4 is 5.32 Å². The first-order chi connectivity index (χ1) is 14.9. The molecule has 1 aliphatic heterocycles. The molecule has 1 heterocycles.